The van der Waals surface area contributed by atoms with Gasteiger partial charge in [0.15, 0.2) is 11.5 Å². The van der Waals surface area contributed by atoms with Gasteiger partial charge in [-0.1, -0.05) is 30.3 Å². The number of nitrogens with one attached hydrogen (secondary N) is 1. The van der Waals surface area contributed by atoms with Crippen LogP contribution in [-0.4, -0.2) is 22.8 Å². The zero-order valence-electron chi connectivity index (χ0n) is 16.6. The molecular formula is C24H22N2O4. The molecular weight excluding hydrogens is 380 g/mol. The van der Waals surface area contributed by atoms with Crippen molar-refractivity contribution in [2.75, 3.05) is 12.1 Å². The second-order valence-electron chi connectivity index (χ2n) is 7.82. The Morgan fingerprint density at radius 3 is 2.73 bits per heavy atom. The molecule has 30 heavy (non-hydrogen) atoms. The lowest BCUT2D eigenvalue weighted by Crippen LogP contribution is -2.28. The van der Waals surface area contributed by atoms with Gasteiger partial charge in [0.1, 0.15) is 5.82 Å². The van der Waals surface area contributed by atoms with Crippen LogP contribution in [-0.2, 0) is 16.8 Å². The molecule has 1 aromatic heterocycles. The van der Waals surface area contributed by atoms with E-state index >= 15 is 0 Å². The first-order chi connectivity index (χ1) is 14.6. The van der Waals surface area contributed by atoms with E-state index in [1.165, 1.54) is 0 Å². The minimum atomic E-state index is -0.551. The number of ether oxygens (including phenoxy) is 2. The number of anilines is 1. The van der Waals surface area contributed by atoms with E-state index in [2.05, 4.69) is 5.32 Å². The number of aryl methyl sites for hydroxylation is 1. The molecule has 1 fully saturated rings. The third kappa shape index (κ3) is 3.19. The van der Waals surface area contributed by atoms with Crippen LogP contribution in [0.3, 0.4) is 0 Å². The molecule has 0 spiro atoms. The average molecular weight is 402 g/mol. The monoisotopic (exact) mass is 402 g/mol. The van der Waals surface area contributed by atoms with Gasteiger partial charge in [-0.2, -0.15) is 0 Å². The van der Waals surface area contributed by atoms with Crippen molar-refractivity contribution < 1.29 is 19.4 Å². The largest absolute Gasteiger partial charge is 0.454 e. The number of aromatic nitrogens is 1. The number of rotatable bonds is 5. The highest BCUT2D eigenvalue weighted by atomic mass is 16.7. The second-order valence-corrected chi connectivity index (χ2v) is 7.82. The fourth-order valence-electron chi connectivity index (χ4n) is 3.91. The lowest BCUT2D eigenvalue weighted by molar-refractivity contribution is -0.118. The van der Waals surface area contributed by atoms with Crippen molar-refractivity contribution >= 4 is 11.7 Å². The Balaban J connectivity index is 1.41. The summed E-state index contributed by atoms with van der Waals surface area (Å²) in [5.74, 6) is 1.85. The molecule has 1 aliphatic carbocycles. The van der Waals surface area contributed by atoms with E-state index in [9.17, 15) is 9.90 Å². The zero-order chi connectivity index (χ0) is 20.7. The number of nitrogens with zero attached hydrogens (tertiary/aromatic N) is 1. The molecule has 1 aliphatic heterocycles. The second kappa shape index (κ2) is 7.15. The van der Waals surface area contributed by atoms with Crippen LogP contribution in [0, 0.1) is 6.92 Å². The van der Waals surface area contributed by atoms with Gasteiger partial charge < -0.3 is 19.9 Å². The van der Waals surface area contributed by atoms with Crippen LogP contribution in [0.2, 0.25) is 0 Å². The summed E-state index contributed by atoms with van der Waals surface area (Å²) in [7, 11) is 0. The Hall–Kier alpha value is -3.38. The van der Waals surface area contributed by atoms with E-state index in [1.807, 2.05) is 61.5 Å². The third-order valence-electron chi connectivity index (χ3n) is 5.83. The summed E-state index contributed by atoms with van der Waals surface area (Å²) in [4.78, 5) is 17.9. The highest BCUT2D eigenvalue weighted by Crippen LogP contribution is 2.51. The number of pyridine rings is 1. The van der Waals surface area contributed by atoms with Gasteiger partial charge in [0, 0.05) is 5.56 Å². The molecule has 0 bridgehead atoms. The summed E-state index contributed by atoms with van der Waals surface area (Å²) in [5, 5.41) is 12.4. The number of aliphatic hydroxyl groups excluding tert-OH is 1. The van der Waals surface area contributed by atoms with Gasteiger partial charge in [-0.25, -0.2) is 4.98 Å². The number of hydrogen-bond donors (Lipinski definition) is 2. The number of amides is 1. The molecule has 152 valence electrons. The standard InChI is InChI=1S/C24H22N2O4/c1-15-5-8-21(25-22(15)17-4-2-3-16(11-17)13-27)26-23(28)24(9-10-24)18-6-7-19-20(12-18)30-14-29-19/h2-8,11-12,27H,9-10,13-14H2,1H3,(H,25,26,28). The number of benzene rings is 2. The highest BCUT2D eigenvalue weighted by molar-refractivity contribution is 6.01. The summed E-state index contributed by atoms with van der Waals surface area (Å²) in [6.45, 7) is 2.17. The van der Waals surface area contributed by atoms with Crippen LogP contribution in [0.1, 0.15) is 29.5 Å². The van der Waals surface area contributed by atoms with Crippen LogP contribution in [0.4, 0.5) is 5.82 Å². The molecule has 2 aliphatic rings. The maximum Gasteiger partial charge on any atom is 0.236 e. The minimum absolute atomic E-state index is 0.0264. The van der Waals surface area contributed by atoms with Crippen LogP contribution in [0.5, 0.6) is 11.5 Å². The van der Waals surface area contributed by atoms with E-state index in [0.717, 1.165) is 40.8 Å². The number of aliphatic hydroxyl groups is 1. The first-order valence-corrected chi connectivity index (χ1v) is 9.98. The number of fused-ring (bicyclic) bond motifs is 1. The van der Waals surface area contributed by atoms with Crippen LogP contribution in [0.15, 0.2) is 54.6 Å². The Morgan fingerprint density at radius 1 is 1.10 bits per heavy atom. The predicted octanol–water partition coefficient (Wildman–Crippen LogP) is 3.95. The Morgan fingerprint density at radius 2 is 1.93 bits per heavy atom. The molecule has 2 aromatic carbocycles. The Bertz CT molecular complexity index is 1140. The van der Waals surface area contributed by atoms with E-state index in [1.54, 1.807) is 0 Å². The van der Waals surface area contributed by atoms with Gasteiger partial charge >= 0.3 is 0 Å². The third-order valence-corrected chi connectivity index (χ3v) is 5.83. The van der Waals surface area contributed by atoms with E-state index in [0.29, 0.717) is 17.3 Å². The van der Waals surface area contributed by atoms with Crippen molar-refractivity contribution in [3.05, 3.63) is 71.3 Å². The van der Waals surface area contributed by atoms with Gasteiger partial charge in [0.2, 0.25) is 12.7 Å². The van der Waals surface area contributed by atoms with Crippen molar-refractivity contribution in [3.8, 4) is 22.8 Å². The fourth-order valence-corrected chi connectivity index (χ4v) is 3.91. The maximum absolute atomic E-state index is 13.2. The molecule has 1 saturated carbocycles. The molecule has 0 saturated heterocycles. The van der Waals surface area contributed by atoms with Gasteiger partial charge in [-0.15, -0.1) is 0 Å². The molecule has 2 N–H and O–H groups in total. The Labute approximate surface area is 174 Å². The Kier molecular flexibility index (Phi) is 4.44. The molecule has 0 radical (unpaired) electrons. The summed E-state index contributed by atoms with van der Waals surface area (Å²) >= 11 is 0. The average Bonchev–Trinajstić information content (AvgIpc) is 3.46. The van der Waals surface area contributed by atoms with Gasteiger partial charge in [-0.3, -0.25) is 4.79 Å². The zero-order valence-corrected chi connectivity index (χ0v) is 16.6. The van der Waals surface area contributed by atoms with Crippen LogP contribution in [0.25, 0.3) is 11.3 Å². The molecule has 3 aromatic rings. The maximum atomic E-state index is 13.2. The predicted molar refractivity (Wildman–Crippen MR) is 112 cm³/mol. The van der Waals surface area contributed by atoms with E-state index in [-0.39, 0.29) is 19.3 Å². The summed E-state index contributed by atoms with van der Waals surface area (Å²) in [5.41, 5.74) is 3.91. The normalized spacial score (nSPS) is 15.7. The summed E-state index contributed by atoms with van der Waals surface area (Å²) < 4.78 is 10.8. The van der Waals surface area contributed by atoms with Crippen molar-refractivity contribution in [2.24, 2.45) is 0 Å². The smallest absolute Gasteiger partial charge is 0.236 e. The van der Waals surface area contributed by atoms with Gasteiger partial charge in [0.25, 0.3) is 0 Å². The first kappa shape index (κ1) is 18.6. The molecule has 2 heterocycles. The molecule has 6 heteroatoms. The van der Waals surface area contributed by atoms with Crippen molar-refractivity contribution in [3.63, 3.8) is 0 Å². The molecule has 0 unspecified atom stereocenters. The van der Waals surface area contributed by atoms with Gasteiger partial charge in [-0.05, 0) is 60.7 Å². The topological polar surface area (TPSA) is 80.7 Å². The first-order valence-electron chi connectivity index (χ1n) is 9.98. The fraction of sp³-hybridized carbons (Fsp3) is 0.250. The number of carbonyl (C=O) groups excluding carboxylic acids is 1. The summed E-state index contributed by atoms with van der Waals surface area (Å²) in [6, 6.07) is 17.1. The lowest BCUT2D eigenvalue weighted by atomic mass is 9.94. The van der Waals surface area contributed by atoms with Crippen LogP contribution >= 0.6 is 0 Å². The SMILES string of the molecule is Cc1ccc(NC(=O)C2(c3ccc4c(c3)OCO4)CC2)nc1-c1cccc(CO)c1. The van der Waals surface area contributed by atoms with Crippen molar-refractivity contribution in [1.82, 2.24) is 4.98 Å². The van der Waals surface area contributed by atoms with Crippen molar-refractivity contribution in [1.29, 1.82) is 0 Å². The van der Waals surface area contributed by atoms with E-state index in [4.69, 9.17) is 14.5 Å². The van der Waals surface area contributed by atoms with E-state index < -0.39 is 5.41 Å². The summed E-state index contributed by atoms with van der Waals surface area (Å²) in [6.07, 6.45) is 1.57. The highest BCUT2D eigenvalue weighted by Gasteiger charge is 2.51. The van der Waals surface area contributed by atoms with Crippen LogP contribution < -0.4 is 14.8 Å². The quantitative estimate of drug-likeness (QED) is 0.676. The number of carbonyl (C=O) groups is 1. The minimum Gasteiger partial charge on any atom is -0.454 e. The van der Waals surface area contributed by atoms with Gasteiger partial charge in [0.05, 0.1) is 17.7 Å². The molecule has 6 nitrogen and oxygen atoms in total. The lowest BCUT2D eigenvalue weighted by Gasteiger charge is -2.17. The van der Waals surface area contributed by atoms with Crippen molar-refractivity contribution in [2.45, 2.75) is 31.8 Å². The molecule has 1 amide bonds. The number of hydrogen-bond acceptors (Lipinski definition) is 5. The molecule has 0 atom stereocenters. The molecule has 5 rings (SSSR count).